The zero-order chi connectivity index (χ0) is 11.5. The number of nitrogens with two attached hydrogens (primary N) is 1. The zero-order valence-corrected chi connectivity index (χ0v) is 8.43. The number of alkyl halides is 3. The summed E-state index contributed by atoms with van der Waals surface area (Å²) in [5.41, 5.74) is 5.71. The molecule has 1 heterocycles. The van der Waals surface area contributed by atoms with E-state index in [0.717, 1.165) is 12.5 Å². The molecular formula is C10H13F3N2. The lowest BCUT2D eigenvalue weighted by atomic mass is 10.1. The van der Waals surface area contributed by atoms with Crippen molar-refractivity contribution in [3.63, 3.8) is 0 Å². The minimum Gasteiger partial charge on any atom is -0.326 e. The van der Waals surface area contributed by atoms with Crippen molar-refractivity contribution in [3.8, 4) is 0 Å². The Bertz CT molecular complexity index is 334. The first-order valence-electron chi connectivity index (χ1n) is 4.75. The Morgan fingerprint density at radius 3 is 2.47 bits per heavy atom. The molecule has 2 nitrogen and oxygen atoms in total. The number of hydrogen-bond acceptors (Lipinski definition) is 2. The van der Waals surface area contributed by atoms with Crippen LogP contribution in [-0.2, 0) is 19.1 Å². The first-order chi connectivity index (χ1) is 6.99. The summed E-state index contributed by atoms with van der Waals surface area (Å²) in [7, 11) is 0. The van der Waals surface area contributed by atoms with Crippen LogP contribution < -0.4 is 5.73 Å². The van der Waals surface area contributed by atoms with Crippen molar-refractivity contribution >= 4 is 0 Å². The van der Waals surface area contributed by atoms with Crippen LogP contribution in [0.15, 0.2) is 12.1 Å². The Morgan fingerprint density at radius 2 is 2.00 bits per heavy atom. The summed E-state index contributed by atoms with van der Waals surface area (Å²) in [4.78, 5) is 3.60. The van der Waals surface area contributed by atoms with Crippen LogP contribution in [0.2, 0.25) is 0 Å². The summed E-state index contributed by atoms with van der Waals surface area (Å²) in [5.74, 6) is 0. The molecule has 0 aliphatic rings. The lowest BCUT2D eigenvalue weighted by Gasteiger charge is -2.10. The summed E-state index contributed by atoms with van der Waals surface area (Å²) in [6, 6.07) is 2.38. The minimum absolute atomic E-state index is 0.223. The van der Waals surface area contributed by atoms with Crippen LogP contribution in [0.3, 0.4) is 0 Å². The summed E-state index contributed by atoms with van der Waals surface area (Å²) in [6.45, 7) is 2.11. The Kier molecular flexibility index (Phi) is 3.68. The topological polar surface area (TPSA) is 38.9 Å². The van der Waals surface area contributed by atoms with Gasteiger partial charge in [-0.05, 0) is 18.1 Å². The molecule has 1 aromatic rings. The third-order valence-electron chi connectivity index (χ3n) is 2.07. The quantitative estimate of drug-likeness (QED) is 0.846. The molecule has 0 amide bonds. The van der Waals surface area contributed by atoms with Gasteiger partial charge >= 0.3 is 6.18 Å². The first-order valence-corrected chi connectivity index (χ1v) is 4.75. The smallest absolute Gasteiger partial charge is 0.326 e. The van der Waals surface area contributed by atoms with Crippen LogP contribution in [0.1, 0.15) is 30.3 Å². The van der Waals surface area contributed by atoms with E-state index in [9.17, 15) is 13.2 Å². The largest absolute Gasteiger partial charge is 0.433 e. The van der Waals surface area contributed by atoms with Gasteiger partial charge in [-0.2, -0.15) is 13.2 Å². The highest BCUT2D eigenvalue weighted by Gasteiger charge is 2.32. The Balaban J connectivity index is 3.10. The molecule has 0 aromatic carbocycles. The molecule has 0 unspecified atom stereocenters. The van der Waals surface area contributed by atoms with Gasteiger partial charge in [0.25, 0.3) is 0 Å². The molecule has 0 radical (unpaired) electrons. The highest BCUT2D eigenvalue weighted by atomic mass is 19.4. The van der Waals surface area contributed by atoms with Crippen LogP contribution in [-0.4, -0.2) is 4.98 Å². The molecule has 0 bridgehead atoms. The maximum atomic E-state index is 12.4. The maximum absolute atomic E-state index is 12.4. The maximum Gasteiger partial charge on any atom is 0.433 e. The van der Waals surface area contributed by atoms with Gasteiger partial charge in [-0.3, -0.25) is 0 Å². The zero-order valence-electron chi connectivity index (χ0n) is 8.43. The molecule has 0 saturated carbocycles. The van der Waals surface area contributed by atoms with Crippen molar-refractivity contribution in [2.75, 3.05) is 0 Å². The highest BCUT2D eigenvalue weighted by Crippen LogP contribution is 2.28. The van der Waals surface area contributed by atoms with E-state index in [1.54, 1.807) is 0 Å². The van der Waals surface area contributed by atoms with Gasteiger partial charge in [0, 0.05) is 12.2 Å². The monoisotopic (exact) mass is 218 g/mol. The molecule has 0 spiro atoms. The van der Waals surface area contributed by atoms with E-state index in [1.807, 2.05) is 6.92 Å². The second kappa shape index (κ2) is 4.61. The van der Waals surface area contributed by atoms with Gasteiger partial charge in [-0.15, -0.1) is 0 Å². The van der Waals surface area contributed by atoms with Gasteiger partial charge in [0.05, 0.1) is 0 Å². The predicted molar refractivity (Wildman–Crippen MR) is 51.1 cm³/mol. The van der Waals surface area contributed by atoms with E-state index in [-0.39, 0.29) is 6.54 Å². The number of nitrogens with zero attached hydrogens (tertiary/aromatic N) is 1. The van der Waals surface area contributed by atoms with E-state index in [1.165, 1.54) is 6.07 Å². The Hall–Kier alpha value is -1.10. The molecule has 2 N–H and O–H groups in total. The third-order valence-corrected chi connectivity index (χ3v) is 2.07. The van der Waals surface area contributed by atoms with Crippen molar-refractivity contribution in [2.45, 2.75) is 32.5 Å². The first kappa shape index (κ1) is 12.0. The average Bonchev–Trinajstić information content (AvgIpc) is 2.17. The third kappa shape index (κ3) is 2.92. The minimum atomic E-state index is -4.38. The predicted octanol–water partition coefficient (Wildman–Crippen LogP) is 2.51. The number of halogens is 3. The van der Waals surface area contributed by atoms with Crippen LogP contribution in [0.5, 0.6) is 0 Å². The molecule has 84 valence electrons. The molecule has 0 atom stereocenters. The van der Waals surface area contributed by atoms with Gasteiger partial charge in [0.15, 0.2) is 0 Å². The second-order valence-electron chi connectivity index (χ2n) is 3.25. The van der Waals surface area contributed by atoms with Gasteiger partial charge in [-0.1, -0.05) is 19.4 Å². The van der Waals surface area contributed by atoms with E-state index in [2.05, 4.69) is 4.98 Å². The fraction of sp³-hybridized carbons (Fsp3) is 0.500. The fourth-order valence-electron chi connectivity index (χ4n) is 1.33. The number of pyridine rings is 1. The van der Waals surface area contributed by atoms with E-state index in [0.29, 0.717) is 17.7 Å². The van der Waals surface area contributed by atoms with Crippen molar-refractivity contribution in [1.29, 1.82) is 0 Å². The lowest BCUT2D eigenvalue weighted by molar-refractivity contribution is -0.141. The van der Waals surface area contributed by atoms with Crippen molar-refractivity contribution in [2.24, 2.45) is 5.73 Å². The molecule has 15 heavy (non-hydrogen) atoms. The number of aryl methyl sites for hydroxylation is 1. The molecule has 0 aliphatic carbocycles. The molecule has 0 fully saturated rings. The van der Waals surface area contributed by atoms with Crippen LogP contribution >= 0.6 is 0 Å². The second-order valence-corrected chi connectivity index (χ2v) is 3.25. The van der Waals surface area contributed by atoms with Crippen LogP contribution in [0.25, 0.3) is 0 Å². The van der Waals surface area contributed by atoms with E-state index in [4.69, 9.17) is 5.73 Å². The van der Waals surface area contributed by atoms with Gasteiger partial charge in [0.1, 0.15) is 5.69 Å². The van der Waals surface area contributed by atoms with Crippen molar-refractivity contribution in [1.82, 2.24) is 4.98 Å². The standard InChI is InChI=1S/C10H13F3N2/c1-2-3-8-7(6-14)4-5-9(15-8)10(11,12)13/h4-5H,2-3,6,14H2,1H3. The molecule has 0 saturated heterocycles. The van der Waals surface area contributed by atoms with Gasteiger partial charge < -0.3 is 5.73 Å². The van der Waals surface area contributed by atoms with Crippen LogP contribution in [0, 0.1) is 0 Å². The number of hydrogen-bond donors (Lipinski definition) is 1. The van der Waals surface area contributed by atoms with Gasteiger partial charge in [0.2, 0.25) is 0 Å². The highest BCUT2D eigenvalue weighted by molar-refractivity contribution is 5.24. The summed E-state index contributed by atoms with van der Waals surface area (Å²) >= 11 is 0. The number of rotatable bonds is 3. The van der Waals surface area contributed by atoms with Crippen molar-refractivity contribution in [3.05, 3.63) is 29.1 Å². The molecule has 1 rings (SSSR count). The summed E-state index contributed by atoms with van der Waals surface area (Å²) < 4.78 is 37.1. The van der Waals surface area contributed by atoms with Gasteiger partial charge in [-0.25, -0.2) is 4.98 Å². The summed E-state index contributed by atoms with van der Waals surface area (Å²) in [6.07, 6.45) is -3.10. The van der Waals surface area contributed by atoms with Crippen LogP contribution in [0.4, 0.5) is 13.2 Å². The molecule has 0 aliphatic heterocycles. The molecule has 1 aromatic heterocycles. The average molecular weight is 218 g/mol. The SMILES string of the molecule is CCCc1nc(C(F)(F)F)ccc1CN. The Labute approximate surface area is 86.3 Å². The Morgan fingerprint density at radius 1 is 1.33 bits per heavy atom. The molecule has 5 heteroatoms. The fourth-order valence-corrected chi connectivity index (χ4v) is 1.33. The normalized spacial score (nSPS) is 11.8. The lowest BCUT2D eigenvalue weighted by Crippen LogP contribution is -2.12. The molecular weight excluding hydrogens is 205 g/mol. The number of aromatic nitrogens is 1. The van der Waals surface area contributed by atoms with E-state index < -0.39 is 11.9 Å². The summed E-state index contributed by atoms with van der Waals surface area (Å²) in [5, 5.41) is 0. The van der Waals surface area contributed by atoms with Crippen molar-refractivity contribution < 1.29 is 13.2 Å². The van der Waals surface area contributed by atoms with E-state index >= 15 is 0 Å².